The van der Waals surface area contributed by atoms with Gasteiger partial charge in [-0.3, -0.25) is 14.3 Å². The van der Waals surface area contributed by atoms with E-state index in [0.717, 1.165) is 15.8 Å². The molecule has 0 saturated heterocycles. The lowest BCUT2D eigenvalue weighted by molar-refractivity contribution is 0.265. The van der Waals surface area contributed by atoms with E-state index in [0.29, 0.717) is 6.61 Å². The van der Waals surface area contributed by atoms with E-state index in [4.69, 9.17) is 4.52 Å². The van der Waals surface area contributed by atoms with Crippen LogP contribution in [-0.2, 0) is 15.5 Å². The molecule has 2 N–H and O–H groups in total. The second-order valence-electron chi connectivity index (χ2n) is 2.31. The van der Waals surface area contributed by atoms with Gasteiger partial charge < -0.3 is 0 Å². The number of hydrogen-bond donors (Lipinski definition) is 2. The SMILES string of the molecule is CCOP(O)(O)=[S+]c1ccccc1. The van der Waals surface area contributed by atoms with Crippen molar-refractivity contribution in [3.8, 4) is 0 Å². The summed E-state index contributed by atoms with van der Waals surface area (Å²) in [6.45, 7) is -1.21. The maximum Gasteiger partial charge on any atom is 0.524 e. The Bertz CT molecular complexity index is 306. The molecule has 0 amide bonds. The van der Waals surface area contributed by atoms with Gasteiger partial charge >= 0.3 is 6.72 Å². The molecule has 13 heavy (non-hydrogen) atoms. The zero-order valence-corrected chi connectivity index (χ0v) is 8.96. The van der Waals surface area contributed by atoms with Crippen LogP contribution in [0.4, 0.5) is 0 Å². The van der Waals surface area contributed by atoms with Gasteiger partial charge in [0.25, 0.3) is 10.9 Å². The van der Waals surface area contributed by atoms with E-state index < -0.39 is 6.72 Å². The van der Waals surface area contributed by atoms with Gasteiger partial charge in [0.1, 0.15) is 0 Å². The van der Waals surface area contributed by atoms with E-state index in [9.17, 15) is 9.79 Å². The third kappa shape index (κ3) is 3.98. The first-order chi connectivity index (χ1) is 6.14. The summed E-state index contributed by atoms with van der Waals surface area (Å²) in [6.07, 6.45) is 0. The first-order valence-electron chi connectivity index (χ1n) is 3.88. The maximum absolute atomic E-state index is 9.38. The summed E-state index contributed by atoms with van der Waals surface area (Å²) in [5.74, 6) is 0. The topological polar surface area (TPSA) is 49.7 Å². The summed E-state index contributed by atoms with van der Waals surface area (Å²) in [7, 11) is 0.970. The molecule has 0 saturated carbocycles. The van der Waals surface area contributed by atoms with Crippen LogP contribution in [0.1, 0.15) is 6.92 Å². The smallest absolute Gasteiger partial charge is 0.289 e. The van der Waals surface area contributed by atoms with Crippen LogP contribution in [0.15, 0.2) is 35.2 Å². The van der Waals surface area contributed by atoms with Crippen molar-refractivity contribution in [2.24, 2.45) is 0 Å². The quantitative estimate of drug-likeness (QED) is 0.602. The van der Waals surface area contributed by atoms with E-state index in [2.05, 4.69) is 0 Å². The molecule has 5 heteroatoms. The van der Waals surface area contributed by atoms with E-state index in [1.54, 1.807) is 6.92 Å². The lowest BCUT2D eigenvalue weighted by atomic mass is 10.4. The molecule has 0 atom stereocenters. The van der Waals surface area contributed by atoms with E-state index >= 15 is 0 Å². The summed E-state index contributed by atoms with van der Waals surface area (Å²) in [5, 5.41) is 0. The predicted molar refractivity (Wildman–Crippen MR) is 55.1 cm³/mol. The van der Waals surface area contributed by atoms with Crippen molar-refractivity contribution in [3.63, 3.8) is 0 Å². The fraction of sp³-hybridized carbons (Fsp3) is 0.250. The molecule has 1 aromatic carbocycles. The molecule has 0 aliphatic carbocycles. The molecule has 0 aliphatic heterocycles. The molecular formula is C8H12O3PS+. The van der Waals surface area contributed by atoms with Crippen molar-refractivity contribution in [2.45, 2.75) is 11.8 Å². The van der Waals surface area contributed by atoms with Gasteiger partial charge in [0, 0.05) is 12.1 Å². The van der Waals surface area contributed by atoms with E-state index in [1.807, 2.05) is 30.3 Å². The highest BCUT2D eigenvalue weighted by Crippen LogP contribution is 2.40. The standard InChI is InChI=1S/C8H12O3PS/c1-2-11-12(9,10)13-8-6-4-3-5-7-8/h3-7,9-10H,2H2,1H3/q+1. The third-order valence-electron chi connectivity index (χ3n) is 1.26. The van der Waals surface area contributed by atoms with Crippen LogP contribution in [0.25, 0.3) is 0 Å². The minimum absolute atomic E-state index is 0.306. The lowest BCUT2D eigenvalue weighted by Crippen LogP contribution is -1.88. The monoisotopic (exact) mass is 219 g/mol. The summed E-state index contributed by atoms with van der Waals surface area (Å²) in [5.41, 5.74) is 0. The molecule has 72 valence electrons. The van der Waals surface area contributed by atoms with Crippen LogP contribution in [0, 0.1) is 0 Å². The Labute approximate surface area is 81.2 Å². The Balaban J connectivity index is 2.87. The van der Waals surface area contributed by atoms with Gasteiger partial charge in [-0.05, 0) is 6.92 Å². The van der Waals surface area contributed by atoms with Crippen LogP contribution >= 0.6 is 6.72 Å². The van der Waals surface area contributed by atoms with Gasteiger partial charge in [0.05, 0.1) is 6.61 Å². The van der Waals surface area contributed by atoms with Crippen molar-refractivity contribution in [2.75, 3.05) is 6.61 Å². The van der Waals surface area contributed by atoms with Crippen molar-refractivity contribution >= 4 is 17.7 Å². The highest BCUT2D eigenvalue weighted by Gasteiger charge is 2.25. The summed E-state index contributed by atoms with van der Waals surface area (Å²) >= 11 is 0. The average molecular weight is 219 g/mol. The highest BCUT2D eigenvalue weighted by molar-refractivity contribution is 8.16. The van der Waals surface area contributed by atoms with Crippen LogP contribution in [0.5, 0.6) is 0 Å². The number of hydrogen-bond acceptors (Lipinski definition) is 1. The minimum atomic E-state index is -3.25. The number of rotatable bonds is 3. The molecule has 0 fully saturated rings. The largest absolute Gasteiger partial charge is 0.524 e. The number of benzene rings is 1. The first-order valence-corrected chi connectivity index (χ1v) is 6.91. The Kier molecular flexibility index (Phi) is 4.03. The average Bonchev–Trinajstić information content (AvgIpc) is 2.04. The fourth-order valence-electron chi connectivity index (χ4n) is 0.813. The van der Waals surface area contributed by atoms with Crippen LogP contribution < -0.4 is 0 Å². The van der Waals surface area contributed by atoms with Gasteiger partial charge in [0.15, 0.2) is 0 Å². The molecule has 1 aromatic rings. The van der Waals surface area contributed by atoms with Gasteiger partial charge in [-0.25, -0.2) is 0 Å². The molecule has 1 rings (SSSR count). The lowest BCUT2D eigenvalue weighted by Gasteiger charge is -1.97. The van der Waals surface area contributed by atoms with Crippen molar-refractivity contribution in [1.29, 1.82) is 0 Å². The zero-order valence-electron chi connectivity index (χ0n) is 7.25. The van der Waals surface area contributed by atoms with Gasteiger partial charge in [0.2, 0.25) is 4.90 Å². The van der Waals surface area contributed by atoms with E-state index in [1.165, 1.54) is 0 Å². The summed E-state index contributed by atoms with van der Waals surface area (Å²) in [4.78, 5) is 19.6. The second kappa shape index (κ2) is 4.84. The molecule has 3 nitrogen and oxygen atoms in total. The normalized spacial score (nSPS) is 11.3. The predicted octanol–water partition coefficient (Wildman–Crippen LogP) is 1.83. The highest BCUT2D eigenvalue weighted by atomic mass is 32.5. The molecule has 0 aliphatic rings. The molecule has 0 aromatic heterocycles. The van der Waals surface area contributed by atoms with Gasteiger partial charge in [-0.15, -0.1) is 0 Å². The molecule has 0 spiro atoms. The van der Waals surface area contributed by atoms with E-state index in [-0.39, 0.29) is 0 Å². The fourth-order valence-corrected chi connectivity index (χ4v) is 3.42. The second-order valence-corrected chi connectivity index (χ2v) is 6.18. The van der Waals surface area contributed by atoms with Crippen LogP contribution in [0.2, 0.25) is 0 Å². The summed E-state index contributed by atoms with van der Waals surface area (Å²) in [6, 6.07) is 9.18. The molecule has 0 heterocycles. The maximum atomic E-state index is 9.38. The van der Waals surface area contributed by atoms with Gasteiger partial charge in [-0.2, -0.15) is 0 Å². The van der Waals surface area contributed by atoms with Gasteiger partial charge in [-0.1, -0.05) is 18.2 Å². The van der Waals surface area contributed by atoms with Crippen molar-refractivity contribution in [3.05, 3.63) is 30.3 Å². The minimum Gasteiger partial charge on any atom is -0.289 e. The molecule has 0 bridgehead atoms. The van der Waals surface area contributed by atoms with Crippen LogP contribution in [0.3, 0.4) is 0 Å². The van der Waals surface area contributed by atoms with Crippen molar-refractivity contribution in [1.82, 2.24) is 0 Å². The molecule has 0 unspecified atom stereocenters. The molecular weight excluding hydrogens is 207 g/mol. The first kappa shape index (κ1) is 10.8. The Morgan fingerprint density at radius 1 is 1.31 bits per heavy atom. The third-order valence-corrected chi connectivity index (χ3v) is 4.24. The van der Waals surface area contributed by atoms with Crippen LogP contribution in [-0.4, -0.2) is 16.4 Å². The molecule has 0 radical (unpaired) electrons. The summed E-state index contributed by atoms with van der Waals surface area (Å²) < 4.78 is 4.82. The Morgan fingerprint density at radius 3 is 2.46 bits per heavy atom. The Hall–Kier alpha value is -0.250. The zero-order chi connectivity index (χ0) is 9.73. The van der Waals surface area contributed by atoms with Crippen molar-refractivity contribution < 1.29 is 14.3 Å². The Morgan fingerprint density at radius 2 is 1.92 bits per heavy atom.